The minimum Gasteiger partial charge on any atom is -0.488 e. The molecule has 130 valence electrons. The molecule has 2 rings (SSSR count). The fourth-order valence-corrected chi connectivity index (χ4v) is 2.25. The topological polar surface area (TPSA) is 68.2 Å². The Hall–Kier alpha value is -2.50. The Balaban J connectivity index is 1.92. The molecule has 0 fully saturated rings. The highest BCUT2D eigenvalue weighted by Crippen LogP contribution is 2.22. The number of urea groups is 1. The Morgan fingerprint density at radius 1 is 1.33 bits per heavy atom. The first-order chi connectivity index (χ1) is 11.2. The highest BCUT2D eigenvalue weighted by atomic mass is 16.5. The Morgan fingerprint density at radius 2 is 2.04 bits per heavy atom. The van der Waals surface area contributed by atoms with E-state index >= 15 is 0 Å². The van der Waals surface area contributed by atoms with Crippen LogP contribution in [0.5, 0.6) is 5.75 Å². The summed E-state index contributed by atoms with van der Waals surface area (Å²) in [6.07, 6.45) is 3.63. The van der Waals surface area contributed by atoms with E-state index in [1.165, 1.54) is 0 Å². The Kier molecular flexibility index (Phi) is 5.49. The number of nitrogens with one attached hydrogen (secondary N) is 2. The Bertz CT molecular complexity index is 688. The monoisotopic (exact) mass is 330 g/mol. The van der Waals surface area contributed by atoms with Crippen LogP contribution in [0.1, 0.15) is 44.9 Å². The van der Waals surface area contributed by atoms with E-state index in [2.05, 4.69) is 15.7 Å². The first-order valence-electron chi connectivity index (χ1n) is 8.04. The Morgan fingerprint density at radius 3 is 2.67 bits per heavy atom. The molecule has 1 heterocycles. The van der Waals surface area contributed by atoms with Crippen molar-refractivity contribution in [2.75, 3.05) is 0 Å². The molecule has 1 atom stereocenters. The number of amides is 2. The summed E-state index contributed by atoms with van der Waals surface area (Å²) in [5, 5.41) is 9.89. The number of carbonyl (C=O) groups excluding carboxylic acids is 1. The molecule has 0 saturated heterocycles. The van der Waals surface area contributed by atoms with Crippen LogP contribution in [0.2, 0.25) is 0 Å². The molecule has 0 spiro atoms. The van der Waals surface area contributed by atoms with Gasteiger partial charge in [0.1, 0.15) is 11.4 Å². The minimum absolute atomic E-state index is 0.111. The van der Waals surface area contributed by atoms with Crippen molar-refractivity contribution in [3.8, 4) is 5.75 Å². The van der Waals surface area contributed by atoms with E-state index in [9.17, 15) is 4.79 Å². The second-order valence-corrected chi connectivity index (χ2v) is 6.82. The average molecular weight is 330 g/mol. The van der Waals surface area contributed by atoms with Crippen molar-refractivity contribution in [2.45, 2.75) is 45.9 Å². The van der Waals surface area contributed by atoms with Gasteiger partial charge in [-0.2, -0.15) is 5.10 Å². The molecule has 2 N–H and O–H groups in total. The third-order valence-electron chi connectivity index (χ3n) is 3.40. The molecule has 2 amide bonds. The normalized spacial score (nSPS) is 12.5. The molecule has 6 nitrogen and oxygen atoms in total. The first-order valence-corrected chi connectivity index (χ1v) is 8.04. The third-order valence-corrected chi connectivity index (χ3v) is 3.40. The number of aryl methyl sites for hydroxylation is 1. The first kappa shape index (κ1) is 17.8. The van der Waals surface area contributed by atoms with Crippen molar-refractivity contribution in [1.29, 1.82) is 0 Å². The summed E-state index contributed by atoms with van der Waals surface area (Å²) in [7, 11) is 1.85. The van der Waals surface area contributed by atoms with Crippen LogP contribution in [-0.2, 0) is 13.6 Å². The summed E-state index contributed by atoms with van der Waals surface area (Å²) >= 11 is 0. The van der Waals surface area contributed by atoms with Gasteiger partial charge in [-0.1, -0.05) is 18.2 Å². The summed E-state index contributed by atoms with van der Waals surface area (Å²) < 4.78 is 7.65. The molecule has 0 aliphatic rings. The number of carbonyl (C=O) groups is 1. The third kappa shape index (κ3) is 5.30. The zero-order chi connectivity index (χ0) is 17.7. The molecule has 24 heavy (non-hydrogen) atoms. The van der Waals surface area contributed by atoms with Gasteiger partial charge in [0.05, 0.1) is 12.2 Å². The number of ether oxygens (including phenoxy) is 1. The van der Waals surface area contributed by atoms with Gasteiger partial charge in [-0.25, -0.2) is 4.79 Å². The second kappa shape index (κ2) is 7.38. The predicted molar refractivity (Wildman–Crippen MR) is 93.8 cm³/mol. The number of nitrogens with zero attached hydrogens (tertiary/aromatic N) is 2. The summed E-state index contributed by atoms with van der Waals surface area (Å²) in [6.45, 7) is 8.32. The molecule has 1 aromatic heterocycles. The molecule has 0 aliphatic heterocycles. The van der Waals surface area contributed by atoms with Gasteiger partial charge in [0, 0.05) is 30.9 Å². The van der Waals surface area contributed by atoms with Gasteiger partial charge in [-0.15, -0.1) is 0 Å². The fraction of sp³-hybridized carbons (Fsp3) is 0.444. The van der Waals surface area contributed by atoms with Crippen molar-refractivity contribution in [3.05, 3.63) is 47.8 Å². The van der Waals surface area contributed by atoms with Crippen molar-refractivity contribution in [3.63, 3.8) is 0 Å². The summed E-state index contributed by atoms with van der Waals surface area (Å²) in [4.78, 5) is 12.1. The molecule has 2 aromatic rings. The van der Waals surface area contributed by atoms with Gasteiger partial charge in [-0.3, -0.25) is 4.68 Å². The van der Waals surface area contributed by atoms with E-state index in [1.54, 1.807) is 10.9 Å². The van der Waals surface area contributed by atoms with Crippen molar-refractivity contribution in [2.24, 2.45) is 7.05 Å². The van der Waals surface area contributed by atoms with E-state index in [1.807, 2.05) is 65.2 Å². The largest absolute Gasteiger partial charge is 0.488 e. The summed E-state index contributed by atoms with van der Waals surface area (Å²) in [5.74, 6) is 0.783. The molecule has 6 heteroatoms. The van der Waals surface area contributed by atoms with E-state index in [-0.39, 0.29) is 17.7 Å². The number of benzene rings is 1. The molecular weight excluding hydrogens is 304 g/mol. The minimum atomic E-state index is -0.285. The number of hydrogen-bond acceptors (Lipinski definition) is 3. The average Bonchev–Trinajstić information content (AvgIpc) is 2.91. The maximum atomic E-state index is 12.1. The van der Waals surface area contributed by atoms with Gasteiger partial charge < -0.3 is 15.4 Å². The maximum absolute atomic E-state index is 12.1. The number of hydrogen-bond donors (Lipinski definition) is 2. The molecule has 1 aromatic carbocycles. The molecule has 0 radical (unpaired) electrons. The van der Waals surface area contributed by atoms with E-state index < -0.39 is 0 Å². The van der Waals surface area contributed by atoms with Crippen LogP contribution in [-0.4, -0.2) is 21.4 Å². The van der Waals surface area contributed by atoms with E-state index in [0.29, 0.717) is 6.54 Å². The highest BCUT2D eigenvalue weighted by Gasteiger charge is 2.15. The van der Waals surface area contributed by atoms with Crippen LogP contribution in [0.3, 0.4) is 0 Å². The van der Waals surface area contributed by atoms with Gasteiger partial charge >= 0.3 is 6.03 Å². The lowest BCUT2D eigenvalue weighted by Gasteiger charge is -2.23. The van der Waals surface area contributed by atoms with Gasteiger partial charge in [0.25, 0.3) is 0 Å². The highest BCUT2D eigenvalue weighted by molar-refractivity contribution is 5.74. The van der Waals surface area contributed by atoms with E-state index in [0.717, 1.165) is 16.9 Å². The smallest absolute Gasteiger partial charge is 0.315 e. The van der Waals surface area contributed by atoms with Crippen LogP contribution in [0, 0.1) is 0 Å². The number of aromatic nitrogens is 2. The van der Waals surface area contributed by atoms with Crippen LogP contribution >= 0.6 is 0 Å². The quantitative estimate of drug-likeness (QED) is 0.885. The molecule has 0 bridgehead atoms. The van der Waals surface area contributed by atoms with Crippen LogP contribution in [0.25, 0.3) is 0 Å². The molecular formula is C18H26N4O2. The molecule has 0 unspecified atom stereocenters. The lowest BCUT2D eigenvalue weighted by molar-refractivity contribution is 0.129. The van der Waals surface area contributed by atoms with Crippen molar-refractivity contribution < 1.29 is 9.53 Å². The predicted octanol–water partition coefficient (Wildman–Crippen LogP) is 3.16. The zero-order valence-electron chi connectivity index (χ0n) is 15.0. The zero-order valence-corrected chi connectivity index (χ0v) is 15.0. The van der Waals surface area contributed by atoms with Crippen LogP contribution in [0.4, 0.5) is 4.79 Å². The number of para-hydroxylation sites is 1. The summed E-state index contributed by atoms with van der Waals surface area (Å²) in [6, 6.07) is 7.39. The molecule has 0 saturated carbocycles. The maximum Gasteiger partial charge on any atom is 0.315 e. The second-order valence-electron chi connectivity index (χ2n) is 6.82. The lowest BCUT2D eigenvalue weighted by atomic mass is 10.1. The standard InChI is InChI=1S/C18H26N4O2/c1-13(15-11-20-22(5)12-15)21-17(23)19-10-14-8-6-7-9-16(14)24-18(2,3)4/h6-9,11-13H,10H2,1-5H3,(H2,19,21,23)/t13-/m1/s1. The molecule has 0 aliphatic carbocycles. The van der Waals surface area contributed by atoms with Crippen molar-refractivity contribution >= 4 is 6.03 Å². The Labute approximate surface area is 143 Å². The van der Waals surface area contributed by atoms with E-state index in [4.69, 9.17) is 4.74 Å². The fourth-order valence-electron chi connectivity index (χ4n) is 2.25. The van der Waals surface area contributed by atoms with Crippen LogP contribution < -0.4 is 15.4 Å². The van der Waals surface area contributed by atoms with Crippen molar-refractivity contribution in [1.82, 2.24) is 20.4 Å². The lowest BCUT2D eigenvalue weighted by Crippen LogP contribution is -2.36. The SMILES string of the molecule is C[C@@H](NC(=O)NCc1ccccc1OC(C)(C)C)c1cnn(C)c1. The van der Waals surface area contributed by atoms with Gasteiger partial charge in [0.2, 0.25) is 0 Å². The van der Waals surface area contributed by atoms with Gasteiger partial charge in [0.15, 0.2) is 0 Å². The van der Waals surface area contributed by atoms with Crippen LogP contribution in [0.15, 0.2) is 36.7 Å². The number of rotatable bonds is 5. The van der Waals surface area contributed by atoms with Gasteiger partial charge in [-0.05, 0) is 33.8 Å². The summed E-state index contributed by atoms with van der Waals surface area (Å²) in [5.41, 5.74) is 1.62.